The lowest BCUT2D eigenvalue weighted by Gasteiger charge is -2.13. The van der Waals surface area contributed by atoms with Gasteiger partial charge in [-0.05, 0) is 27.2 Å². The zero-order chi connectivity index (χ0) is 12.0. The van der Waals surface area contributed by atoms with Gasteiger partial charge in [0.2, 0.25) is 0 Å². The molecule has 0 aliphatic carbocycles. The highest BCUT2D eigenvalue weighted by atomic mass is 16.5. The van der Waals surface area contributed by atoms with Gasteiger partial charge in [-0.25, -0.2) is 9.67 Å². The molecule has 92 valence electrons. The van der Waals surface area contributed by atoms with Crippen LogP contribution in [0.4, 0.5) is 0 Å². The quantitative estimate of drug-likeness (QED) is 0.711. The molecule has 0 saturated carbocycles. The Bertz CT molecular complexity index is 299. The Morgan fingerprint density at radius 1 is 1.50 bits per heavy atom. The number of rotatable bonds is 7. The molecule has 5 nitrogen and oxygen atoms in total. The Balaban J connectivity index is 2.43. The van der Waals surface area contributed by atoms with E-state index in [4.69, 9.17) is 4.74 Å². The monoisotopic (exact) mass is 227 g/mol. The van der Waals surface area contributed by atoms with Crippen LogP contribution in [-0.2, 0) is 11.2 Å². The molecule has 0 aliphatic rings. The summed E-state index contributed by atoms with van der Waals surface area (Å²) in [6.07, 6.45) is 2.29. The molecule has 0 fully saturated rings. The second-order valence-electron chi connectivity index (χ2n) is 4.06. The summed E-state index contributed by atoms with van der Waals surface area (Å²) < 4.78 is 7.04. The smallest absolute Gasteiger partial charge is 0.138 e. The molecule has 0 amide bonds. The second kappa shape index (κ2) is 6.60. The number of hydrogen-bond donors (Lipinski definition) is 1. The van der Waals surface area contributed by atoms with E-state index in [1.54, 1.807) is 0 Å². The molecule has 0 saturated heterocycles. The van der Waals surface area contributed by atoms with Crippen LogP contribution in [0.15, 0.2) is 6.33 Å². The minimum atomic E-state index is -0.409. The number of aliphatic hydroxyl groups excluding tert-OH is 1. The first-order chi connectivity index (χ1) is 7.65. The summed E-state index contributed by atoms with van der Waals surface area (Å²) >= 11 is 0. The molecular weight excluding hydrogens is 206 g/mol. The second-order valence-corrected chi connectivity index (χ2v) is 4.06. The molecule has 0 aromatic carbocycles. The molecule has 0 spiro atoms. The van der Waals surface area contributed by atoms with E-state index in [0.29, 0.717) is 26.1 Å². The summed E-state index contributed by atoms with van der Waals surface area (Å²) in [6, 6.07) is 0.275. The van der Waals surface area contributed by atoms with Crippen LogP contribution < -0.4 is 0 Å². The fourth-order valence-corrected chi connectivity index (χ4v) is 1.53. The molecule has 1 aromatic heterocycles. The zero-order valence-electron chi connectivity index (χ0n) is 10.3. The number of nitrogens with zero attached hydrogens (tertiary/aromatic N) is 3. The van der Waals surface area contributed by atoms with Gasteiger partial charge in [0.1, 0.15) is 12.2 Å². The van der Waals surface area contributed by atoms with E-state index in [-0.39, 0.29) is 6.04 Å². The number of ether oxygens (including phenoxy) is 1. The van der Waals surface area contributed by atoms with E-state index >= 15 is 0 Å². The van der Waals surface area contributed by atoms with E-state index in [2.05, 4.69) is 10.1 Å². The van der Waals surface area contributed by atoms with Crippen molar-refractivity contribution in [2.75, 3.05) is 13.2 Å². The molecule has 1 atom stereocenters. The standard InChI is InChI=1S/C11H21N3O2/c1-4-16-6-5-10(15)7-11-12-8-13-14(11)9(2)3/h8-10,15H,4-7H2,1-3H3. The van der Waals surface area contributed by atoms with Gasteiger partial charge in [0, 0.05) is 25.7 Å². The van der Waals surface area contributed by atoms with Gasteiger partial charge in [-0.1, -0.05) is 0 Å². The first-order valence-electron chi connectivity index (χ1n) is 5.79. The Kier molecular flexibility index (Phi) is 5.42. The third-order valence-corrected chi connectivity index (χ3v) is 2.35. The normalized spacial score (nSPS) is 13.3. The van der Waals surface area contributed by atoms with Crippen LogP contribution in [0.5, 0.6) is 0 Å². The fraction of sp³-hybridized carbons (Fsp3) is 0.818. The number of aromatic nitrogens is 3. The fourth-order valence-electron chi connectivity index (χ4n) is 1.53. The minimum absolute atomic E-state index is 0.275. The minimum Gasteiger partial charge on any atom is -0.393 e. The number of aliphatic hydroxyl groups is 1. The van der Waals surface area contributed by atoms with Crippen LogP contribution in [0.2, 0.25) is 0 Å². The van der Waals surface area contributed by atoms with Crippen LogP contribution in [0.3, 0.4) is 0 Å². The highest BCUT2D eigenvalue weighted by Crippen LogP contribution is 2.08. The van der Waals surface area contributed by atoms with Crippen molar-refractivity contribution in [3.63, 3.8) is 0 Å². The summed E-state index contributed by atoms with van der Waals surface area (Å²) in [7, 11) is 0. The highest BCUT2D eigenvalue weighted by Gasteiger charge is 2.12. The third kappa shape index (κ3) is 3.90. The van der Waals surface area contributed by atoms with E-state index < -0.39 is 6.10 Å². The summed E-state index contributed by atoms with van der Waals surface area (Å²) in [5.74, 6) is 0.832. The van der Waals surface area contributed by atoms with Crippen LogP contribution in [0.25, 0.3) is 0 Å². The van der Waals surface area contributed by atoms with Gasteiger partial charge in [-0.2, -0.15) is 5.10 Å². The maximum atomic E-state index is 9.79. The third-order valence-electron chi connectivity index (χ3n) is 2.35. The molecule has 16 heavy (non-hydrogen) atoms. The van der Waals surface area contributed by atoms with Gasteiger partial charge in [-0.15, -0.1) is 0 Å². The molecule has 1 aromatic rings. The molecule has 0 aliphatic heterocycles. The van der Waals surface area contributed by atoms with Crippen LogP contribution >= 0.6 is 0 Å². The van der Waals surface area contributed by atoms with Crippen molar-refractivity contribution < 1.29 is 9.84 Å². The van der Waals surface area contributed by atoms with Crippen LogP contribution in [0.1, 0.15) is 39.1 Å². The SMILES string of the molecule is CCOCCC(O)Cc1ncnn1C(C)C. The molecular formula is C11H21N3O2. The van der Waals surface area contributed by atoms with Crippen LogP contribution in [0, 0.1) is 0 Å². The Morgan fingerprint density at radius 3 is 2.88 bits per heavy atom. The predicted molar refractivity (Wildman–Crippen MR) is 61.2 cm³/mol. The molecule has 1 N–H and O–H groups in total. The molecule has 0 bridgehead atoms. The molecule has 1 heterocycles. The summed E-state index contributed by atoms with van der Waals surface area (Å²) in [4.78, 5) is 4.16. The van der Waals surface area contributed by atoms with Gasteiger partial charge in [0.15, 0.2) is 0 Å². The van der Waals surface area contributed by atoms with Crippen molar-refractivity contribution in [1.29, 1.82) is 0 Å². The topological polar surface area (TPSA) is 60.2 Å². The van der Waals surface area contributed by atoms with Gasteiger partial charge in [0.25, 0.3) is 0 Å². The van der Waals surface area contributed by atoms with Gasteiger partial charge < -0.3 is 9.84 Å². The first-order valence-corrected chi connectivity index (χ1v) is 5.79. The lowest BCUT2D eigenvalue weighted by atomic mass is 10.2. The van der Waals surface area contributed by atoms with Crippen molar-refractivity contribution in [2.45, 2.75) is 45.8 Å². The molecule has 1 rings (SSSR count). The van der Waals surface area contributed by atoms with E-state index in [1.807, 2.05) is 25.5 Å². The maximum Gasteiger partial charge on any atom is 0.138 e. The molecule has 1 unspecified atom stereocenters. The van der Waals surface area contributed by atoms with Crippen molar-refractivity contribution >= 4 is 0 Å². The average Bonchev–Trinajstić information content (AvgIpc) is 2.66. The Labute approximate surface area is 96.5 Å². The average molecular weight is 227 g/mol. The van der Waals surface area contributed by atoms with Crippen molar-refractivity contribution in [2.24, 2.45) is 0 Å². The van der Waals surface area contributed by atoms with Crippen molar-refractivity contribution in [3.8, 4) is 0 Å². The van der Waals surface area contributed by atoms with Gasteiger partial charge in [0.05, 0.1) is 6.10 Å². The van der Waals surface area contributed by atoms with Crippen molar-refractivity contribution in [3.05, 3.63) is 12.2 Å². The van der Waals surface area contributed by atoms with Crippen LogP contribution in [-0.4, -0.2) is 39.2 Å². The summed E-state index contributed by atoms with van der Waals surface area (Å²) in [5.41, 5.74) is 0. The maximum absolute atomic E-state index is 9.79. The lowest BCUT2D eigenvalue weighted by molar-refractivity contribution is 0.0870. The zero-order valence-corrected chi connectivity index (χ0v) is 10.3. The predicted octanol–water partition coefficient (Wildman–Crippen LogP) is 1.19. The van der Waals surface area contributed by atoms with E-state index in [0.717, 1.165) is 5.82 Å². The number of hydrogen-bond acceptors (Lipinski definition) is 4. The van der Waals surface area contributed by atoms with Crippen molar-refractivity contribution in [1.82, 2.24) is 14.8 Å². The Morgan fingerprint density at radius 2 is 2.25 bits per heavy atom. The van der Waals surface area contributed by atoms with E-state index in [9.17, 15) is 5.11 Å². The highest BCUT2D eigenvalue weighted by molar-refractivity contribution is 4.89. The molecule has 5 heteroatoms. The first kappa shape index (κ1) is 13.1. The van der Waals surface area contributed by atoms with Gasteiger partial charge >= 0.3 is 0 Å². The van der Waals surface area contributed by atoms with E-state index in [1.165, 1.54) is 6.33 Å². The summed E-state index contributed by atoms with van der Waals surface area (Å²) in [5, 5.41) is 13.9. The largest absolute Gasteiger partial charge is 0.393 e. The van der Waals surface area contributed by atoms with Gasteiger partial charge in [-0.3, -0.25) is 0 Å². The lowest BCUT2D eigenvalue weighted by Crippen LogP contribution is -2.18. The molecule has 0 radical (unpaired) electrons. The summed E-state index contributed by atoms with van der Waals surface area (Å²) in [6.45, 7) is 7.32. The Hall–Kier alpha value is -0.940.